The molecule has 20 heavy (non-hydrogen) atoms. The lowest BCUT2D eigenvalue weighted by molar-refractivity contribution is -0.908. The quantitative estimate of drug-likeness (QED) is 0.586. The van der Waals surface area contributed by atoms with E-state index < -0.39 is 5.60 Å². The molecule has 2 rings (SSSR count). The van der Waals surface area contributed by atoms with Gasteiger partial charge in [-0.1, -0.05) is 43.2 Å². The maximum absolute atomic E-state index is 10.8. The summed E-state index contributed by atoms with van der Waals surface area (Å²) in [5.74, 6) is 0.337. The second kappa shape index (κ2) is 6.75. The maximum Gasteiger partial charge on any atom is 0.120 e. The summed E-state index contributed by atoms with van der Waals surface area (Å²) in [6, 6.07) is 11.1. The number of hydrogen-bond acceptors (Lipinski definition) is 1. The van der Waals surface area contributed by atoms with E-state index in [1.54, 1.807) is 0 Å². The Bertz CT molecular complexity index is 411. The van der Waals surface area contributed by atoms with Crippen molar-refractivity contribution >= 4 is 0 Å². The molecule has 1 aliphatic rings. The minimum atomic E-state index is -0.537. The van der Waals surface area contributed by atoms with Crippen molar-refractivity contribution in [2.45, 2.75) is 44.2 Å². The Morgan fingerprint density at radius 2 is 1.75 bits per heavy atom. The van der Waals surface area contributed by atoms with Crippen LogP contribution in [-0.2, 0) is 0 Å². The summed E-state index contributed by atoms with van der Waals surface area (Å²) < 4.78 is 0.866. The number of quaternary nitrogens is 1. The standard InChI is InChI=1S/C17H28NO.HI/c1-17(19)13-9-8-12-15(17)16(18(2,3)4)14-10-6-5-7-11-14;/h5-7,10-11,15-16,19H,8-9,12-13H2,1-4H3;1H/q+1;/p-1/t15-,16-,17-;/m0./s1. The molecule has 0 amide bonds. The molecule has 3 atom stereocenters. The van der Waals surface area contributed by atoms with Crippen molar-refractivity contribution in [2.75, 3.05) is 21.1 Å². The average Bonchev–Trinajstić information content (AvgIpc) is 2.31. The van der Waals surface area contributed by atoms with Crippen LogP contribution in [0.3, 0.4) is 0 Å². The summed E-state index contributed by atoms with van der Waals surface area (Å²) in [6.07, 6.45) is 4.45. The summed E-state index contributed by atoms with van der Waals surface area (Å²) in [6.45, 7) is 2.03. The van der Waals surface area contributed by atoms with Gasteiger partial charge >= 0.3 is 0 Å². The fourth-order valence-corrected chi connectivity index (χ4v) is 3.71. The fraction of sp³-hybridized carbons (Fsp3) is 0.647. The van der Waals surface area contributed by atoms with Gasteiger partial charge in [0.05, 0.1) is 26.7 Å². The van der Waals surface area contributed by atoms with Crippen LogP contribution in [0.4, 0.5) is 0 Å². The Kier molecular flexibility index (Phi) is 6.05. The maximum atomic E-state index is 10.8. The first-order valence-electron chi connectivity index (χ1n) is 7.41. The van der Waals surface area contributed by atoms with Crippen LogP contribution in [-0.4, -0.2) is 36.3 Å². The first kappa shape index (κ1) is 17.9. The third kappa shape index (κ3) is 3.95. The van der Waals surface area contributed by atoms with Gasteiger partial charge in [0.15, 0.2) is 0 Å². The minimum absolute atomic E-state index is 0. The highest BCUT2D eigenvalue weighted by Gasteiger charge is 2.45. The van der Waals surface area contributed by atoms with Gasteiger partial charge in [-0.3, -0.25) is 0 Å². The fourth-order valence-electron chi connectivity index (χ4n) is 3.71. The monoisotopic (exact) mass is 389 g/mol. The van der Waals surface area contributed by atoms with Crippen molar-refractivity contribution in [3.05, 3.63) is 35.9 Å². The van der Waals surface area contributed by atoms with Gasteiger partial charge in [-0.25, -0.2) is 0 Å². The van der Waals surface area contributed by atoms with Crippen LogP contribution in [0.1, 0.15) is 44.2 Å². The van der Waals surface area contributed by atoms with Crippen LogP contribution >= 0.6 is 0 Å². The smallest absolute Gasteiger partial charge is 0.120 e. The molecule has 0 radical (unpaired) electrons. The molecule has 1 saturated carbocycles. The van der Waals surface area contributed by atoms with E-state index in [4.69, 9.17) is 0 Å². The van der Waals surface area contributed by atoms with E-state index in [-0.39, 0.29) is 24.0 Å². The molecule has 1 fully saturated rings. The average molecular weight is 389 g/mol. The van der Waals surface area contributed by atoms with Crippen LogP contribution in [0.15, 0.2) is 30.3 Å². The number of aliphatic hydroxyl groups is 1. The van der Waals surface area contributed by atoms with Crippen molar-refractivity contribution in [1.82, 2.24) is 0 Å². The van der Waals surface area contributed by atoms with E-state index in [0.29, 0.717) is 12.0 Å². The summed E-state index contributed by atoms with van der Waals surface area (Å²) >= 11 is 0. The highest BCUT2D eigenvalue weighted by molar-refractivity contribution is 5.19. The topological polar surface area (TPSA) is 20.2 Å². The van der Waals surface area contributed by atoms with E-state index in [1.807, 2.05) is 6.92 Å². The molecular formula is C17H28INO. The lowest BCUT2D eigenvalue weighted by Crippen LogP contribution is -3.00. The molecule has 114 valence electrons. The van der Waals surface area contributed by atoms with E-state index >= 15 is 0 Å². The number of benzene rings is 1. The van der Waals surface area contributed by atoms with Crippen LogP contribution in [0.5, 0.6) is 0 Å². The molecule has 0 spiro atoms. The number of halogens is 1. The van der Waals surface area contributed by atoms with Gasteiger partial charge < -0.3 is 33.6 Å². The van der Waals surface area contributed by atoms with Crippen LogP contribution < -0.4 is 24.0 Å². The van der Waals surface area contributed by atoms with Crippen LogP contribution in [0, 0.1) is 5.92 Å². The van der Waals surface area contributed by atoms with Crippen molar-refractivity contribution in [3.63, 3.8) is 0 Å². The van der Waals surface area contributed by atoms with Gasteiger partial charge in [-0.15, -0.1) is 0 Å². The SMILES string of the molecule is C[C@]1(O)CCCC[C@H]1[C@H](c1ccccc1)[N+](C)(C)C.[I-]. The summed E-state index contributed by atoms with van der Waals surface area (Å²) in [5.41, 5.74) is 0.812. The minimum Gasteiger partial charge on any atom is -1.00 e. The predicted octanol–water partition coefficient (Wildman–Crippen LogP) is 0.379. The van der Waals surface area contributed by atoms with Gasteiger partial charge in [0.25, 0.3) is 0 Å². The molecule has 1 aromatic rings. The molecule has 1 N–H and O–H groups in total. The zero-order valence-corrected chi connectivity index (χ0v) is 15.3. The third-order valence-corrected chi connectivity index (χ3v) is 4.60. The van der Waals surface area contributed by atoms with Gasteiger partial charge in [0.2, 0.25) is 0 Å². The molecular weight excluding hydrogens is 361 g/mol. The molecule has 0 heterocycles. The zero-order valence-electron chi connectivity index (χ0n) is 13.1. The lowest BCUT2D eigenvalue weighted by atomic mass is 9.70. The number of nitrogens with zero attached hydrogens (tertiary/aromatic N) is 1. The summed E-state index contributed by atoms with van der Waals surface area (Å²) in [7, 11) is 6.72. The molecule has 0 saturated heterocycles. The Balaban J connectivity index is 0.00000200. The molecule has 2 nitrogen and oxygen atoms in total. The Morgan fingerprint density at radius 1 is 1.15 bits per heavy atom. The molecule has 3 heteroatoms. The number of hydrogen-bond donors (Lipinski definition) is 1. The molecule has 0 unspecified atom stereocenters. The van der Waals surface area contributed by atoms with Crippen LogP contribution in [0.2, 0.25) is 0 Å². The van der Waals surface area contributed by atoms with Crippen LogP contribution in [0.25, 0.3) is 0 Å². The van der Waals surface area contributed by atoms with Gasteiger partial charge in [-0.2, -0.15) is 0 Å². The van der Waals surface area contributed by atoms with E-state index in [2.05, 4.69) is 51.5 Å². The summed E-state index contributed by atoms with van der Waals surface area (Å²) in [4.78, 5) is 0. The van der Waals surface area contributed by atoms with Gasteiger partial charge in [0.1, 0.15) is 6.04 Å². The number of rotatable bonds is 3. The lowest BCUT2D eigenvalue weighted by Gasteiger charge is -2.47. The van der Waals surface area contributed by atoms with Crippen molar-refractivity contribution < 1.29 is 33.6 Å². The molecule has 0 aliphatic heterocycles. The Labute approximate surface area is 140 Å². The zero-order chi connectivity index (χ0) is 14.1. The van der Waals surface area contributed by atoms with Crippen molar-refractivity contribution in [3.8, 4) is 0 Å². The van der Waals surface area contributed by atoms with E-state index in [9.17, 15) is 5.11 Å². The van der Waals surface area contributed by atoms with Crippen molar-refractivity contribution in [1.29, 1.82) is 0 Å². The third-order valence-electron chi connectivity index (χ3n) is 4.60. The highest BCUT2D eigenvalue weighted by atomic mass is 127. The molecule has 1 aromatic carbocycles. The Morgan fingerprint density at radius 3 is 2.25 bits per heavy atom. The second-order valence-corrected chi connectivity index (χ2v) is 7.18. The Hall–Kier alpha value is -0.130. The van der Waals surface area contributed by atoms with E-state index in [0.717, 1.165) is 23.7 Å². The first-order chi connectivity index (χ1) is 8.82. The van der Waals surface area contributed by atoms with E-state index in [1.165, 1.54) is 12.0 Å². The van der Waals surface area contributed by atoms with Gasteiger partial charge in [0, 0.05) is 11.5 Å². The normalized spacial score (nSPS) is 28.6. The largest absolute Gasteiger partial charge is 1.00 e. The van der Waals surface area contributed by atoms with Gasteiger partial charge in [-0.05, 0) is 19.8 Å². The molecule has 0 aromatic heterocycles. The highest BCUT2D eigenvalue weighted by Crippen LogP contribution is 2.45. The van der Waals surface area contributed by atoms with Crippen molar-refractivity contribution in [2.24, 2.45) is 5.92 Å². The summed E-state index contributed by atoms with van der Waals surface area (Å²) in [5, 5.41) is 10.8. The molecule has 1 aliphatic carbocycles. The molecule has 0 bridgehead atoms. The predicted molar refractivity (Wildman–Crippen MR) is 79.8 cm³/mol. The first-order valence-corrected chi connectivity index (χ1v) is 7.41. The second-order valence-electron chi connectivity index (χ2n) is 7.18.